The van der Waals surface area contributed by atoms with Crippen molar-refractivity contribution >= 4 is 5.91 Å². The van der Waals surface area contributed by atoms with Crippen LogP contribution < -0.4 is 4.74 Å². The van der Waals surface area contributed by atoms with Crippen LogP contribution in [-0.4, -0.2) is 46.2 Å². The number of amides is 1. The maximum absolute atomic E-state index is 12.7. The fourth-order valence-corrected chi connectivity index (χ4v) is 3.66. The molecular weight excluding hydrogens is 352 g/mol. The number of rotatable bonds is 5. The molecule has 0 bridgehead atoms. The summed E-state index contributed by atoms with van der Waals surface area (Å²) < 4.78 is 5.22. The predicted octanol–water partition coefficient (Wildman–Crippen LogP) is 3.58. The normalized spacial score (nSPS) is 14.8. The number of aromatic nitrogens is 3. The number of piperidine rings is 1. The van der Waals surface area contributed by atoms with E-state index in [0.29, 0.717) is 17.2 Å². The van der Waals surface area contributed by atoms with Crippen molar-refractivity contribution in [2.75, 3.05) is 20.2 Å². The van der Waals surface area contributed by atoms with Gasteiger partial charge in [0.2, 0.25) is 0 Å². The molecule has 6 nitrogen and oxygen atoms in total. The third-order valence-electron chi connectivity index (χ3n) is 5.26. The highest BCUT2D eigenvalue weighted by molar-refractivity contribution is 5.94. The lowest BCUT2D eigenvalue weighted by molar-refractivity contribution is 0.0689. The van der Waals surface area contributed by atoms with Gasteiger partial charge < -0.3 is 9.64 Å². The fourth-order valence-electron chi connectivity index (χ4n) is 3.66. The minimum absolute atomic E-state index is 0.0726. The maximum Gasteiger partial charge on any atom is 0.253 e. The average Bonchev–Trinajstić information content (AvgIpc) is 3.23. The Kier molecular flexibility index (Phi) is 5.37. The van der Waals surface area contributed by atoms with E-state index < -0.39 is 0 Å². The van der Waals surface area contributed by atoms with Crippen LogP contribution in [0.2, 0.25) is 0 Å². The quantitative estimate of drug-likeness (QED) is 0.739. The van der Waals surface area contributed by atoms with Crippen molar-refractivity contribution in [3.05, 3.63) is 66.0 Å². The van der Waals surface area contributed by atoms with Crippen molar-refractivity contribution < 1.29 is 9.53 Å². The zero-order chi connectivity index (χ0) is 19.3. The van der Waals surface area contributed by atoms with Gasteiger partial charge in [-0.05, 0) is 37.0 Å². The second-order valence-electron chi connectivity index (χ2n) is 7.14. The van der Waals surface area contributed by atoms with E-state index in [0.717, 1.165) is 49.6 Å². The van der Waals surface area contributed by atoms with Crippen molar-refractivity contribution in [3.8, 4) is 17.1 Å². The molecule has 144 valence electrons. The lowest BCUT2D eigenvalue weighted by atomic mass is 9.93. The Labute approximate surface area is 164 Å². The Balaban J connectivity index is 1.33. The number of carbonyl (C=O) groups excluding carboxylic acids is 1. The maximum atomic E-state index is 12.7. The Hall–Kier alpha value is -3.15. The van der Waals surface area contributed by atoms with Crippen LogP contribution in [0.15, 0.2) is 54.6 Å². The molecule has 0 unspecified atom stereocenters. The summed E-state index contributed by atoms with van der Waals surface area (Å²) in [4.78, 5) is 19.3. The molecule has 1 fully saturated rings. The van der Waals surface area contributed by atoms with E-state index in [1.54, 1.807) is 13.2 Å². The van der Waals surface area contributed by atoms with Crippen LogP contribution in [0, 0.1) is 5.92 Å². The first-order chi connectivity index (χ1) is 13.7. The molecule has 1 aliphatic rings. The fraction of sp³-hybridized carbons (Fsp3) is 0.318. The second-order valence-corrected chi connectivity index (χ2v) is 7.14. The van der Waals surface area contributed by atoms with Gasteiger partial charge in [0.15, 0.2) is 5.82 Å². The molecule has 0 atom stereocenters. The van der Waals surface area contributed by atoms with Gasteiger partial charge in [0.1, 0.15) is 11.6 Å². The van der Waals surface area contributed by atoms with Crippen LogP contribution >= 0.6 is 0 Å². The van der Waals surface area contributed by atoms with Crippen molar-refractivity contribution in [3.63, 3.8) is 0 Å². The largest absolute Gasteiger partial charge is 0.497 e. The highest BCUT2D eigenvalue weighted by atomic mass is 16.5. The SMILES string of the molecule is COc1cccc(C(=O)N2CCC(Cc3nc(-c4ccccc4)n[nH]3)CC2)c1. The number of likely N-dealkylation sites (tertiary alicyclic amines) is 1. The molecule has 1 amide bonds. The van der Waals surface area contributed by atoms with Crippen molar-refractivity contribution in [2.24, 2.45) is 5.92 Å². The first kappa shape index (κ1) is 18.2. The Bertz CT molecular complexity index is 930. The summed E-state index contributed by atoms with van der Waals surface area (Å²) in [6.45, 7) is 1.53. The molecule has 0 aliphatic carbocycles. The van der Waals surface area contributed by atoms with Gasteiger partial charge in [0.25, 0.3) is 5.91 Å². The molecule has 1 N–H and O–H groups in total. The van der Waals surface area contributed by atoms with Gasteiger partial charge in [0.05, 0.1) is 7.11 Å². The van der Waals surface area contributed by atoms with E-state index in [4.69, 9.17) is 4.74 Å². The summed E-state index contributed by atoms with van der Waals surface area (Å²) >= 11 is 0. The van der Waals surface area contributed by atoms with Gasteiger partial charge in [-0.1, -0.05) is 36.4 Å². The van der Waals surface area contributed by atoms with Crippen molar-refractivity contribution in [1.29, 1.82) is 0 Å². The predicted molar refractivity (Wildman–Crippen MR) is 107 cm³/mol. The highest BCUT2D eigenvalue weighted by Gasteiger charge is 2.25. The lowest BCUT2D eigenvalue weighted by Crippen LogP contribution is -2.39. The van der Waals surface area contributed by atoms with Crippen LogP contribution in [0.1, 0.15) is 29.0 Å². The molecule has 0 spiro atoms. The number of carbonyl (C=O) groups is 1. The minimum atomic E-state index is 0.0726. The van der Waals surface area contributed by atoms with Crippen LogP contribution in [-0.2, 0) is 6.42 Å². The van der Waals surface area contributed by atoms with Crippen molar-refractivity contribution in [2.45, 2.75) is 19.3 Å². The molecule has 4 rings (SSSR count). The molecule has 6 heteroatoms. The molecule has 2 heterocycles. The number of benzene rings is 2. The number of ether oxygens (including phenoxy) is 1. The Morgan fingerprint density at radius 1 is 1.14 bits per heavy atom. The number of methoxy groups -OCH3 is 1. The number of hydrogen-bond acceptors (Lipinski definition) is 4. The van der Waals surface area contributed by atoms with Gasteiger partial charge >= 0.3 is 0 Å². The number of H-pyrrole nitrogens is 1. The molecule has 1 aliphatic heterocycles. The van der Waals surface area contributed by atoms with Gasteiger partial charge in [-0.2, -0.15) is 5.10 Å². The third-order valence-corrected chi connectivity index (χ3v) is 5.26. The van der Waals surface area contributed by atoms with Gasteiger partial charge in [-0.15, -0.1) is 0 Å². The first-order valence-electron chi connectivity index (χ1n) is 9.63. The number of nitrogens with zero attached hydrogens (tertiary/aromatic N) is 3. The molecule has 1 saturated heterocycles. The molecule has 0 saturated carbocycles. The van der Waals surface area contributed by atoms with Gasteiger partial charge in [-0.25, -0.2) is 4.98 Å². The molecule has 3 aromatic rings. The van der Waals surface area contributed by atoms with Crippen LogP contribution in [0.3, 0.4) is 0 Å². The summed E-state index contributed by atoms with van der Waals surface area (Å²) in [5.74, 6) is 2.94. The van der Waals surface area contributed by atoms with Crippen LogP contribution in [0.4, 0.5) is 0 Å². The van der Waals surface area contributed by atoms with Crippen molar-refractivity contribution in [1.82, 2.24) is 20.1 Å². The second kappa shape index (κ2) is 8.25. The minimum Gasteiger partial charge on any atom is -0.497 e. The molecular formula is C22H24N4O2. The third kappa shape index (κ3) is 4.06. The summed E-state index contributed by atoms with van der Waals surface area (Å²) in [5, 5.41) is 7.41. The van der Waals surface area contributed by atoms with Gasteiger partial charge in [0, 0.05) is 30.6 Å². The summed E-state index contributed by atoms with van der Waals surface area (Å²) in [5.41, 5.74) is 1.70. The van der Waals surface area contributed by atoms with E-state index in [1.807, 2.05) is 53.4 Å². The summed E-state index contributed by atoms with van der Waals surface area (Å²) in [6, 6.07) is 17.3. The van der Waals surface area contributed by atoms with Crippen LogP contribution in [0.25, 0.3) is 11.4 Å². The van der Waals surface area contributed by atoms with E-state index in [1.165, 1.54) is 0 Å². The van der Waals surface area contributed by atoms with E-state index >= 15 is 0 Å². The molecule has 28 heavy (non-hydrogen) atoms. The highest BCUT2D eigenvalue weighted by Crippen LogP contribution is 2.23. The monoisotopic (exact) mass is 376 g/mol. The standard InChI is InChI=1S/C22H24N4O2/c1-28-19-9-5-8-18(15-19)22(27)26-12-10-16(11-13-26)14-20-23-21(25-24-20)17-6-3-2-4-7-17/h2-9,15-16H,10-14H2,1H3,(H,23,24,25). The van der Waals surface area contributed by atoms with E-state index in [2.05, 4.69) is 15.2 Å². The van der Waals surface area contributed by atoms with E-state index in [9.17, 15) is 4.79 Å². The Morgan fingerprint density at radius 2 is 1.93 bits per heavy atom. The molecule has 0 radical (unpaired) electrons. The Morgan fingerprint density at radius 3 is 2.68 bits per heavy atom. The van der Waals surface area contributed by atoms with E-state index in [-0.39, 0.29) is 5.91 Å². The lowest BCUT2D eigenvalue weighted by Gasteiger charge is -2.31. The topological polar surface area (TPSA) is 71.1 Å². The van der Waals surface area contributed by atoms with Gasteiger partial charge in [-0.3, -0.25) is 9.89 Å². The first-order valence-corrected chi connectivity index (χ1v) is 9.63. The average molecular weight is 376 g/mol. The van der Waals surface area contributed by atoms with Crippen LogP contribution in [0.5, 0.6) is 5.75 Å². The number of nitrogens with one attached hydrogen (secondary N) is 1. The zero-order valence-corrected chi connectivity index (χ0v) is 16.0. The zero-order valence-electron chi connectivity index (χ0n) is 16.0. The number of aromatic amines is 1. The molecule has 2 aromatic carbocycles. The smallest absolute Gasteiger partial charge is 0.253 e. The number of hydrogen-bond donors (Lipinski definition) is 1. The summed E-state index contributed by atoms with van der Waals surface area (Å²) in [7, 11) is 1.61. The summed E-state index contributed by atoms with van der Waals surface area (Å²) in [6.07, 6.45) is 2.80. The molecule has 1 aromatic heterocycles.